The molecular weight excluding hydrogens is 286 g/mol. The second-order valence-electron chi connectivity index (χ2n) is 3.90. The fraction of sp³-hybridized carbons (Fsp3) is 0.417. The fourth-order valence-electron chi connectivity index (χ4n) is 1.11. The van der Waals surface area contributed by atoms with Crippen molar-refractivity contribution in [2.24, 2.45) is 0 Å². The van der Waals surface area contributed by atoms with E-state index in [2.05, 4.69) is 4.98 Å². The number of carbonyl (C=O) groups excluding carboxylic acids is 1. The van der Waals surface area contributed by atoms with Crippen LogP contribution in [0.5, 0.6) is 0 Å². The predicted molar refractivity (Wildman–Crippen MR) is 68.4 cm³/mol. The summed E-state index contributed by atoms with van der Waals surface area (Å²) in [4.78, 5) is 23.7. The predicted octanol–water partition coefficient (Wildman–Crippen LogP) is -2.60. The van der Waals surface area contributed by atoms with Gasteiger partial charge in [-0.15, -0.1) is 0 Å². The van der Waals surface area contributed by atoms with Gasteiger partial charge < -0.3 is 35.4 Å². The van der Waals surface area contributed by atoms with E-state index in [0.29, 0.717) is 0 Å². The van der Waals surface area contributed by atoms with Gasteiger partial charge in [-0.1, -0.05) is 0 Å². The summed E-state index contributed by atoms with van der Waals surface area (Å²) in [6.45, 7) is -0.760. The summed E-state index contributed by atoms with van der Waals surface area (Å²) in [5.74, 6) is -0.942. The molecule has 0 saturated heterocycles. The molecule has 118 valence electrons. The van der Waals surface area contributed by atoms with E-state index in [1.165, 1.54) is 18.5 Å². The minimum atomic E-state index is -1.79. The third kappa shape index (κ3) is 6.88. The lowest BCUT2D eigenvalue weighted by Gasteiger charge is -2.22. The highest BCUT2D eigenvalue weighted by Gasteiger charge is 2.29. The molecule has 0 spiro atoms. The lowest BCUT2D eigenvalue weighted by molar-refractivity contribution is -0.136. The molecule has 21 heavy (non-hydrogen) atoms. The average molecular weight is 303 g/mol. The molecule has 9 nitrogen and oxygen atoms in total. The Balaban J connectivity index is 0.000000394. The van der Waals surface area contributed by atoms with Crippen molar-refractivity contribution in [3.63, 3.8) is 0 Å². The smallest absolute Gasteiger partial charge is 0.337 e. The van der Waals surface area contributed by atoms with Crippen LogP contribution < -0.4 is 0 Å². The maximum Gasteiger partial charge on any atom is 0.337 e. The van der Waals surface area contributed by atoms with Crippen LogP contribution >= 0.6 is 0 Å². The Labute approximate surface area is 119 Å². The molecule has 1 aromatic heterocycles. The molecule has 0 amide bonds. The lowest BCUT2D eigenvalue weighted by atomic mass is 10.0. The first-order chi connectivity index (χ1) is 9.84. The molecule has 0 aliphatic rings. The van der Waals surface area contributed by atoms with Gasteiger partial charge in [0.1, 0.15) is 24.4 Å². The monoisotopic (exact) mass is 303 g/mol. The molecule has 1 aromatic rings. The summed E-state index contributed by atoms with van der Waals surface area (Å²) < 4.78 is 0. The fourth-order valence-corrected chi connectivity index (χ4v) is 1.11. The standard InChI is InChI=1S/C6H5NO2.C6H12O6/c8-6(9)5-2-1-3-7-4-5;7-1-3(9)5(11)6(12)4(10)2-8/h1-4H,(H,8,9);1,3-6,8-12H,2H2/t;3-,4+,5+,6+/m.0/s1. The van der Waals surface area contributed by atoms with Crippen LogP contribution in [0.3, 0.4) is 0 Å². The number of carboxylic acids is 1. The molecular formula is C12H17NO8. The highest BCUT2D eigenvalue weighted by Crippen LogP contribution is 2.02. The number of aromatic nitrogens is 1. The molecule has 9 heteroatoms. The topological polar surface area (TPSA) is 168 Å². The summed E-state index contributed by atoms with van der Waals surface area (Å²) in [5, 5.41) is 51.9. The molecule has 1 rings (SSSR count). The molecule has 6 N–H and O–H groups in total. The van der Waals surface area contributed by atoms with Gasteiger partial charge in [-0.3, -0.25) is 4.98 Å². The summed E-state index contributed by atoms with van der Waals surface area (Å²) in [5.41, 5.74) is 0.220. The molecule has 0 unspecified atom stereocenters. The van der Waals surface area contributed by atoms with Gasteiger partial charge in [0, 0.05) is 12.4 Å². The Hall–Kier alpha value is -1.91. The van der Waals surface area contributed by atoms with Gasteiger partial charge in [0.15, 0.2) is 6.29 Å². The van der Waals surface area contributed by atoms with E-state index in [1.807, 2.05) is 0 Å². The Morgan fingerprint density at radius 1 is 1.24 bits per heavy atom. The van der Waals surface area contributed by atoms with Crippen LogP contribution in [-0.2, 0) is 4.79 Å². The van der Waals surface area contributed by atoms with E-state index in [1.54, 1.807) is 6.07 Å². The summed E-state index contributed by atoms with van der Waals surface area (Å²) in [6.07, 6.45) is -4.00. The number of hydrogen-bond acceptors (Lipinski definition) is 8. The number of aromatic carboxylic acids is 1. The van der Waals surface area contributed by atoms with Crippen LogP contribution in [0.25, 0.3) is 0 Å². The van der Waals surface area contributed by atoms with E-state index < -0.39 is 37.0 Å². The average Bonchev–Trinajstić information content (AvgIpc) is 2.53. The third-order valence-corrected chi connectivity index (χ3v) is 2.33. The van der Waals surface area contributed by atoms with Crippen molar-refractivity contribution >= 4 is 12.3 Å². The molecule has 0 bridgehead atoms. The lowest BCUT2D eigenvalue weighted by Crippen LogP contribution is -2.46. The Morgan fingerprint density at radius 2 is 1.86 bits per heavy atom. The zero-order chi connectivity index (χ0) is 16.4. The highest BCUT2D eigenvalue weighted by molar-refractivity contribution is 5.86. The number of aliphatic hydroxyl groups is 5. The molecule has 0 aliphatic carbocycles. The van der Waals surface area contributed by atoms with Gasteiger partial charge in [-0.25, -0.2) is 4.79 Å². The maximum absolute atomic E-state index is 10.2. The number of aliphatic hydroxyl groups excluding tert-OH is 5. The number of carbonyl (C=O) groups is 2. The van der Waals surface area contributed by atoms with Crippen LogP contribution in [0.4, 0.5) is 0 Å². The van der Waals surface area contributed by atoms with Crippen LogP contribution in [0.1, 0.15) is 10.4 Å². The minimum Gasteiger partial charge on any atom is -0.478 e. The maximum atomic E-state index is 10.2. The minimum absolute atomic E-state index is 0.0258. The zero-order valence-electron chi connectivity index (χ0n) is 10.9. The number of aldehydes is 1. The molecule has 0 fully saturated rings. The largest absolute Gasteiger partial charge is 0.478 e. The van der Waals surface area contributed by atoms with Crippen molar-refractivity contribution in [2.75, 3.05) is 6.61 Å². The third-order valence-electron chi connectivity index (χ3n) is 2.33. The van der Waals surface area contributed by atoms with Crippen LogP contribution in [-0.4, -0.2) is 78.9 Å². The Bertz CT molecular complexity index is 427. The van der Waals surface area contributed by atoms with Crippen molar-refractivity contribution in [2.45, 2.75) is 24.4 Å². The molecule has 0 saturated carbocycles. The Kier molecular flexibility index (Phi) is 9.01. The number of rotatable bonds is 6. The Morgan fingerprint density at radius 3 is 2.19 bits per heavy atom. The summed E-state index contributed by atoms with van der Waals surface area (Å²) in [7, 11) is 0. The highest BCUT2D eigenvalue weighted by atomic mass is 16.4. The SMILES string of the molecule is O=C(O)c1cccnc1.O=C[C@H](O)[C@@H](O)[C@H](O)[C@H](O)CO. The first-order valence-electron chi connectivity index (χ1n) is 5.76. The quantitative estimate of drug-likeness (QED) is 0.308. The van der Waals surface area contributed by atoms with E-state index in [4.69, 9.17) is 30.6 Å². The van der Waals surface area contributed by atoms with Gasteiger partial charge in [-0.2, -0.15) is 0 Å². The molecule has 4 atom stereocenters. The first kappa shape index (κ1) is 19.1. The van der Waals surface area contributed by atoms with Crippen LogP contribution in [0.15, 0.2) is 24.5 Å². The van der Waals surface area contributed by atoms with Gasteiger partial charge in [-0.05, 0) is 12.1 Å². The van der Waals surface area contributed by atoms with Crippen molar-refractivity contribution < 1.29 is 40.2 Å². The van der Waals surface area contributed by atoms with Crippen molar-refractivity contribution in [3.05, 3.63) is 30.1 Å². The van der Waals surface area contributed by atoms with Crippen molar-refractivity contribution in [3.8, 4) is 0 Å². The second-order valence-corrected chi connectivity index (χ2v) is 3.90. The van der Waals surface area contributed by atoms with E-state index in [-0.39, 0.29) is 11.8 Å². The second kappa shape index (κ2) is 9.91. The van der Waals surface area contributed by atoms with Gasteiger partial charge in [0.25, 0.3) is 0 Å². The van der Waals surface area contributed by atoms with E-state index in [9.17, 15) is 9.59 Å². The number of pyridine rings is 1. The van der Waals surface area contributed by atoms with E-state index >= 15 is 0 Å². The number of nitrogens with zero attached hydrogens (tertiary/aromatic N) is 1. The summed E-state index contributed by atoms with van der Waals surface area (Å²) >= 11 is 0. The molecule has 1 heterocycles. The van der Waals surface area contributed by atoms with Gasteiger partial charge in [0.2, 0.25) is 0 Å². The van der Waals surface area contributed by atoms with Crippen molar-refractivity contribution in [1.82, 2.24) is 4.98 Å². The van der Waals surface area contributed by atoms with Crippen LogP contribution in [0, 0.1) is 0 Å². The van der Waals surface area contributed by atoms with Crippen LogP contribution in [0.2, 0.25) is 0 Å². The molecule has 0 aromatic carbocycles. The van der Waals surface area contributed by atoms with Gasteiger partial charge >= 0.3 is 5.97 Å². The number of carboxylic acid groups (broad SMARTS) is 1. The molecule has 0 radical (unpaired) electrons. The summed E-state index contributed by atoms with van der Waals surface area (Å²) in [6, 6.07) is 3.08. The van der Waals surface area contributed by atoms with E-state index in [0.717, 1.165) is 0 Å². The molecule has 0 aliphatic heterocycles. The number of hydrogen-bond donors (Lipinski definition) is 6. The zero-order valence-corrected chi connectivity index (χ0v) is 10.9. The normalized spacial score (nSPS) is 15.9. The first-order valence-corrected chi connectivity index (χ1v) is 5.76. The van der Waals surface area contributed by atoms with Gasteiger partial charge in [0.05, 0.1) is 12.2 Å². The van der Waals surface area contributed by atoms with Crippen molar-refractivity contribution in [1.29, 1.82) is 0 Å².